The molecule has 2 aromatic rings. The van der Waals surface area contributed by atoms with Gasteiger partial charge in [-0.3, -0.25) is 9.36 Å². The summed E-state index contributed by atoms with van der Waals surface area (Å²) in [7, 11) is 0. The highest BCUT2D eigenvalue weighted by Gasteiger charge is 2.64. The van der Waals surface area contributed by atoms with Crippen LogP contribution in [0.4, 0.5) is 0 Å². The Kier molecular flexibility index (Phi) is 14.0. The van der Waals surface area contributed by atoms with E-state index in [4.69, 9.17) is 9.94 Å². The Balaban J connectivity index is 0.705. The quantitative estimate of drug-likeness (QED) is 0.184. The third kappa shape index (κ3) is 8.72. The van der Waals surface area contributed by atoms with E-state index in [1.165, 1.54) is 109 Å². The predicted octanol–water partition coefficient (Wildman–Crippen LogP) is 14.1. The number of nitrogens with zero attached hydrogens (tertiary/aromatic N) is 6. The van der Waals surface area contributed by atoms with E-state index in [1.807, 2.05) is 17.1 Å². The van der Waals surface area contributed by atoms with Crippen molar-refractivity contribution in [2.45, 2.75) is 233 Å². The summed E-state index contributed by atoms with van der Waals surface area (Å²) in [6.07, 6.45) is 38.3. The van der Waals surface area contributed by atoms with Crippen LogP contribution in [0.15, 0.2) is 24.8 Å². The highest BCUT2D eigenvalue weighted by Crippen LogP contribution is 2.72. The lowest BCUT2D eigenvalue weighted by Gasteiger charge is -2.63. The van der Waals surface area contributed by atoms with Gasteiger partial charge in [0.1, 0.15) is 11.6 Å². The standard InChI is InChI=1S/C61H95N6O2/c1-8-22-58(68)27-29-60(10-3)46(32-58)12-14-48-52-18-16-51(56(52,6)25-20-54(48)60)43(5)39-67-41-45(37-65-67)35-63-31-11-24-59(69)28-30-61(23-9-2)47(33-59)13-15-49-53-19-17-50(57(53,7)26-21-55(49)61)42(4)38-66-40-44(34-62)36-64-66/h36-37,40-43,46-55,68-69H,8-33,38-39H2,1-7H3/q+1/t42-,43+,46-,47-,48+,49+,50-,51-,52+,53+,54+,55+,56-,57-,58-,59-,60+,61+/m1/s1. The lowest BCUT2D eigenvalue weighted by atomic mass is 9.42. The highest BCUT2D eigenvalue weighted by molar-refractivity contribution is 5.26. The summed E-state index contributed by atoms with van der Waals surface area (Å²) in [6.45, 7) is 20.0. The van der Waals surface area contributed by atoms with Crippen LogP contribution in [0.2, 0.25) is 0 Å². The first-order valence-corrected chi connectivity index (χ1v) is 29.5. The molecule has 69 heavy (non-hydrogen) atoms. The largest absolute Gasteiger partial charge is 0.390 e. The highest BCUT2D eigenvalue weighted by atomic mass is 16.3. The van der Waals surface area contributed by atoms with E-state index in [9.17, 15) is 15.5 Å². The topological polar surface area (TPSA) is 104 Å². The van der Waals surface area contributed by atoms with Crippen molar-refractivity contribution in [1.29, 1.82) is 5.26 Å². The van der Waals surface area contributed by atoms with Crippen molar-refractivity contribution in [3.8, 4) is 12.1 Å². The molecule has 8 fully saturated rings. The van der Waals surface area contributed by atoms with E-state index in [2.05, 4.69) is 76.6 Å². The summed E-state index contributed by atoms with van der Waals surface area (Å²) in [5.41, 5.74) is 2.35. The summed E-state index contributed by atoms with van der Waals surface area (Å²) in [5, 5.41) is 42.5. The number of hydrogen-bond acceptors (Lipinski definition) is 5. The van der Waals surface area contributed by atoms with Gasteiger partial charge in [0.25, 0.3) is 6.54 Å². The van der Waals surface area contributed by atoms with Gasteiger partial charge in [-0.25, -0.2) is 0 Å². The van der Waals surface area contributed by atoms with Crippen molar-refractivity contribution in [1.82, 2.24) is 19.6 Å². The lowest BCUT2D eigenvalue weighted by molar-refractivity contribution is -0.164. The van der Waals surface area contributed by atoms with Crippen molar-refractivity contribution < 1.29 is 10.2 Å². The van der Waals surface area contributed by atoms with Crippen LogP contribution in [-0.2, 0) is 13.1 Å². The van der Waals surface area contributed by atoms with Crippen molar-refractivity contribution in [2.24, 2.45) is 92.7 Å². The Labute approximate surface area is 418 Å². The number of nitriles is 1. The predicted molar refractivity (Wildman–Crippen MR) is 277 cm³/mol. The molecule has 10 rings (SSSR count). The molecule has 8 saturated carbocycles. The molecular formula is C61H95N6O2+. The van der Waals surface area contributed by atoms with Crippen LogP contribution in [0, 0.1) is 110 Å². The maximum absolute atomic E-state index is 12.2. The van der Waals surface area contributed by atoms with Crippen LogP contribution in [0.1, 0.15) is 220 Å². The Morgan fingerprint density at radius 1 is 0.638 bits per heavy atom. The molecule has 0 unspecified atom stereocenters. The fourth-order valence-corrected chi connectivity index (χ4v) is 21.3. The molecule has 0 bridgehead atoms. The average molecular weight is 944 g/mol. The van der Waals surface area contributed by atoms with Gasteiger partial charge in [0.2, 0.25) is 0 Å². The molecule has 0 aliphatic heterocycles. The molecule has 380 valence electrons. The first kappa shape index (κ1) is 49.9. The van der Waals surface area contributed by atoms with Crippen LogP contribution >= 0.6 is 0 Å². The average Bonchev–Trinajstić information content (AvgIpc) is 4.14. The van der Waals surface area contributed by atoms with Crippen LogP contribution in [0.3, 0.4) is 0 Å². The summed E-state index contributed by atoms with van der Waals surface area (Å²) in [6, 6.07) is 5.61. The Morgan fingerprint density at radius 3 is 1.71 bits per heavy atom. The molecule has 8 aliphatic rings. The molecule has 2 N–H and O–H groups in total. The Morgan fingerprint density at radius 2 is 1.16 bits per heavy atom. The summed E-state index contributed by atoms with van der Waals surface area (Å²) in [5.74, 6) is 8.99. The van der Waals surface area contributed by atoms with E-state index >= 15 is 0 Å². The van der Waals surface area contributed by atoms with Gasteiger partial charge in [0.15, 0.2) is 0 Å². The van der Waals surface area contributed by atoms with E-state index in [1.54, 1.807) is 6.20 Å². The lowest BCUT2D eigenvalue weighted by Crippen LogP contribution is -2.57. The van der Waals surface area contributed by atoms with Gasteiger partial charge in [0, 0.05) is 31.9 Å². The molecular weight excluding hydrogens is 849 g/mol. The van der Waals surface area contributed by atoms with Gasteiger partial charge >= 0.3 is 6.07 Å². The summed E-state index contributed by atoms with van der Waals surface area (Å²) >= 11 is 0. The SMILES string of the molecule is CCC[C@@]1(O)CC[C@@]2(CC)[C@H](CC[C@H]3[C@@H]4CC[C@H]([C@@H](C)Cn5cc(C#[N+]CCC[C@@]6(O)CC[C@@]7(CCC)[C@H](CC[C@H]8[C@@H]9CC[C@H]([C@H](C)Cn%10cc(C#N)cn%10)[C@@]9(C)CC[C@@H]87)C6)cn5)[C@@]4(C)CC[C@@H]32)C1. The van der Waals surface area contributed by atoms with E-state index in [0.29, 0.717) is 57.4 Å². The van der Waals surface area contributed by atoms with E-state index < -0.39 is 11.2 Å². The van der Waals surface area contributed by atoms with Crippen molar-refractivity contribution in [3.63, 3.8) is 0 Å². The molecule has 8 nitrogen and oxygen atoms in total. The van der Waals surface area contributed by atoms with Crippen LogP contribution in [0.25, 0.3) is 4.85 Å². The molecule has 18 atom stereocenters. The van der Waals surface area contributed by atoms with Crippen LogP contribution in [0.5, 0.6) is 0 Å². The van der Waals surface area contributed by atoms with Crippen LogP contribution in [-0.4, -0.2) is 47.5 Å². The zero-order chi connectivity index (χ0) is 48.4. The number of hydrogen-bond donors (Lipinski definition) is 2. The minimum Gasteiger partial charge on any atom is -0.390 e. The summed E-state index contributed by atoms with van der Waals surface area (Å²) in [4.78, 5) is 4.81. The molecule has 8 heteroatoms. The zero-order valence-electron chi connectivity index (χ0n) is 44.6. The summed E-state index contributed by atoms with van der Waals surface area (Å²) < 4.78 is 4.19. The second-order valence-corrected chi connectivity index (χ2v) is 27.0. The van der Waals surface area contributed by atoms with Crippen molar-refractivity contribution in [2.75, 3.05) is 6.54 Å². The molecule has 0 saturated heterocycles. The number of fused-ring (bicyclic) bond motifs is 10. The third-order valence-electron chi connectivity index (χ3n) is 24.1. The second-order valence-electron chi connectivity index (χ2n) is 27.0. The van der Waals surface area contributed by atoms with Gasteiger partial charge in [-0.05, 0) is 234 Å². The Hall–Kier alpha value is -2.68. The van der Waals surface area contributed by atoms with Crippen molar-refractivity contribution in [3.05, 3.63) is 40.8 Å². The van der Waals surface area contributed by atoms with E-state index in [-0.39, 0.29) is 0 Å². The number of rotatable bonds is 14. The number of aliphatic hydroxyl groups is 2. The normalized spacial score (nSPS) is 44.2. The van der Waals surface area contributed by atoms with Crippen molar-refractivity contribution >= 4 is 0 Å². The first-order valence-electron chi connectivity index (χ1n) is 29.5. The number of aromatic nitrogens is 4. The van der Waals surface area contributed by atoms with Gasteiger partial charge < -0.3 is 10.2 Å². The maximum Gasteiger partial charge on any atom is 0.314 e. The van der Waals surface area contributed by atoms with Gasteiger partial charge in [-0.2, -0.15) is 15.5 Å². The van der Waals surface area contributed by atoms with Crippen LogP contribution < -0.4 is 0 Å². The second kappa shape index (κ2) is 19.3. The molecule has 0 amide bonds. The monoisotopic (exact) mass is 944 g/mol. The minimum atomic E-state index is -0.566. The third-order valence-corrected chi connectivity index (χ3v) is 24.1. The molecule has 0 radical (unpaired) electrons. The van der Waals surface area contributed by atoms with Gasteiger partial charge in [-0.15, -0.1) is 0 Å². The fourth-order valence-electron chi connectivity index (χ4n) is 21.3. The fraction of sp³-hybridized carbons (Fsp3) is 0.869. The maximum atomic E-state index is 12.2. The zero-order valence-corrected chi connectivity index (χ0v) is 44.6. The minimum absolute atomic E-state index is 0.395. The molecule has 0 aromatic carbocycles. The van der Waals surface area contributed by atoms with Gasteiger partial charge in [0.05, 0.1) is 29.2 Å². The molecule has 2 heterocycles. The van der Waals surface area contributed by atoms with Gasteiger partial charge in [-0.1, -0.05) is 66.2 Å². The molecule has 8 aliphatic carbocycles. The molecule has 2 aromatic heterocycles. The molecule has 0 spiro atoms. The first-order chi connectivity index (χ1) is 33.1. The smallest absolute Gasteiger partial charge is 0.314 e. The van der Waals surface area contributed by atoms with E-state index in [0.717, 1.165) is 117 Å². The Bertz CT molecular complexity index is 2220.